The number of nitrogens with one attached hydrogen (secondary N) is 1. The number of benzene rings is 2. The zero-order chi connectivity index (χ0) is 22.8. The molecule has 2 aromatic carbocycles. The first kappa shape index (κ1) is 23.1. The lowest BCUT2D eigenvalue weighted by atomic mass is 9.78. The number of halogens is 1. The van der Waals surface area contributed by atoms with Gasteiger partial charge in [0.05, 0.1) is 6.21 Å². The second-order valence-electron chi connectivity index (χ2n) is 9.19. The van der Waals surface area contributed by atoms with E-state index in [9.17, 15) is 4.79 Å². The number of aryl methyl sites for hydroxylation is 1. The number of hydrazone groups is 1. The number of rotatable bonds is 6. The van der Waals surface area contributed by atoms with Gasteiger partial charge in [0.2, 0.25) is 0 Å². The molecule has 0 aromatic heterocycles. The number of nitrogens with zero attached hydrogens (tertiary/aromatic N) is 2. The fraction of sp³-hybridized carbons (Fsp3) is 0.440. The van der Waals surface area contributed by atoms with Crippen LogP contribution in [0.1, 0.15) is 63.6 Å². The minimum Gasteiger partial charge on any atom is -0.484 e. The zero-order valence-corrected chi connectivity index (χ0v) is 20.0. The predicted octanol–water partition coefficient (Wildman–Crippen LogP) is 5.68. The number of hydrogen-bond donors (Lipinski definition) is 1. The standard InChI is InChI=1S/C25H32ClN3O2/c1-16(2)29-23-10-17(3)19(11-22(23)18(4)13-25(29,5)6)14-27-28-24(30)15-31-21-9-7-8-20(26)12-21/h7-12,14,16,18H,13,15H2,1-6H3,(H,28,30)/b27-14-. The highest BCUT2D eigenvalue weighted by Gasteiger charge is 2.37. The maximum Gasteiger partial charge on any atom is 0.277 e. The van der Waals surface area contributed by atoms with Crippen LogP contribution in [-0.4, -0.2) is 30.3 Å². The molecule has 5 nitrogen and oxygen atoms in total. The Hall–Kier alpha value is -2.53. The van der Waals surface area contributed by atoms with E-state index in [0.29, 0.717) is 22.7 Å². The van der Waals surface area contributed by atoms with Gasteiger partial charge in [-0.05, 0) is 94.0 Å². The number of ether oxygens (including phenoxy) is 1. The third-order valence-electron chi connectivity index (χ3n) is 5.74. The van der Waals surface area contributed by atoms with Gasteiger partial charge in [-0.15, -0.1) is 0 Å². The maximum absolute atomic E-state index is 12.1. The first-order valence-electron chi connectivity index (χ1n) is 10.7. The topological polar surface area (TPSA) is 53.9 Å². The van der Waals surface area contributed by atoms with Gasteiger partial charge in [0.15, 0.2) is 6.61 Å². The fourth-order valence-corrected chi connectivity index (χ4v) is 4.82. The fourth-order valence-electron chi connectivity index (χ4n) is 4.64. The summed E-state index contributed by atoms with van der Waals surface area (Å²) in [6, 6.07) is 11.8. The van der Waals surface area contributed by atoms with E-state index < -0.39 is 0 Å². The van der Waals surface area contributed by atoms with Crippen LogP contribution in [0.5, 0.6) is 5.75 Å². The number of carbonyl (C=O) groups excluding carboxylic acids is 1. The van der Waals surface area contributed by atoms with Crippen molar-refractivity contribution in [3.63, 3.8) is 0 Å². The van der Waals surface area contributed by atoms with Crippen molar-refractivity contribution in [3.05, 3.63) is 58.1 Å². The lowest BCUT2D eigenvalue weighted by molar-refractivity contribution is -0.123. The van der Waals surface area contributed by atoms with Crippen LogP contribution in [0.15, 0.2) is 41.5 Å². The van der Waals surface area contributed by atoms with Crippen molar-refractivity contribution in [3.8, 4) is 5.75 Å². The Morgan fingerprint density at radius 2 is 2.10 bits per heavy atom. The molecule has 0 spiro atoms. The van der Waals surface area contributed by atoms with Crippen molar-refractivity contribution in [1.82, 2.24) is 5.43 Å². The Labute approximate surface area is 190 Å². The summed E-state index contributed by atoms with van der Waals surface area (Å²) in [5.41, 5.74) is 7.41. The second-order valence-corrected chi connectivity index (χ2v) is 9.62. The lowest BCUT2D eigenvalue weighted by Crippen LogP contribution is -2.51. The van der Waals surface area contributed by atoms with Crippen LogP contribution < -0.4 is 15.1 Å². The molecular formula is C25H32ClN3O2. The van der Waals surface area contributed by atoms with Gasteiger partial charge in [-0.1, -0.05) is 24.6 Å². The summed E-state index contributed by atoms with van der Waals surface area (Å²) in [6.45, 7) is 13.4. The molecule has 1 heterocycles. The van der Waals surface area contributed by atoms with Crippen LogP contribution in [-0.2, 0) is 4.79 Å². The summed E-state index contributed by atoms with van der Waals surface area (Å²) in [7, 11) is 0. The molecule has 1 N–H and O–H groups in total. The van der Waals surface area contributed by atoms with Gasteiger partial charge in [-0.3, -0.25) is 4.79 Å². The van der Waals surface area contributed by atoms with E-state index >= 15 is 0 Å². The molecule has 1 aliphatic rings. The molecule has 166 valence electrons. The van der Waals surface area contributed by atoms with Crippen molar-refractivity contribution in [2.24, 2.45) is 5.10 Å². The van der Waals surface area contributed by atoms with Gasteiger partial charge in [0, 0.05) is 22.3 Å². The van der Waals surface area contributed by atoms with Gasteiger partial charge < -0.3 is 9.64 Å². The number of carbonyl (C=O) groups is 1. The second kappa shape index (κ2) is 9.31. The molecule has 2 aromatic rings. The normalized spacial score (nSPS) is 17.7. The van der Waals surface area contributed by atoms with E-state index in [1.54, 1.807) is 30.5 Å². The Morgan fingerprint density at radius 3 is 2.77 bits per heavy atom. The highest BCUT2D eigenvalue weighted by Crippen LogP contribution is 2.45. The Bertz CT molecular complexity index is 985. The van der Waals surface area contributed by atoms with Gasteiger partial charge in [-0.2, -0.15) is 5.10 Å². The first-order chi connectivity index (χ1) is 14.6. The van der Waals surface area contributed by atoms with Crippen molar-refractivity contribution in [2.75, 3.05) is 11.5 Å². The third kappa shape index (κ3) is 5.40. The molecule has 0 fully saturated rings. The van der Waals surface area contributed by atoms with E-state index in [1.165, 1.54) is 11.3 Å². The molecular weight excluding hydrogens is 410 g/mol. The van der Waals surface area contributed by atoms with Crippen LogP contribution in [0.4, 0.5) is 5.69 Å². The van der Waals surface area contributed by atoms with Crippen molar-refractivity contribution in [1.29, 1.82) is 0 Å². The minimum atomic E-state index is -0.326. The van der Waals surface area contributed by atoms with E-state index in [-0.39, 0.29) is 18.1 Å². The van der Waals surface area contributed by atoms with E-state index in [0.717, 1.165) is 17.5 Å². The van der Waals surface area contributed by atoms with Crippen molar-refractivity contribution in [2.45, 2.75) is 65.5 Å². The molecule has 0 radical (unpaired) electrons. The summed E-state index contributed by atoms with van der Waals surface area (Å²) < 4.78 is 5.44. The Kier molecular flexibility index (Phi) is 6.95. The average molecular weight is 442 g/mol. The summed E-state index contributed by atoms with van der Waals surface area (Å²) in [5, 5.41) is 4.71. The van der Waals surface area contributed by atoms with Gasteiger partial charge in [-0.25, -0.2) is 5.43 Å². The van der Waals surface area contributed by atoms with Crippen LogP contribution >= 0.6 is 11.6 Å². The predicted molar refractivity (Wildman–Crippen MR) is 129 cm³/mol. The van der Waals surface area contributed by atoms with Gasteiger partial charge in [0.1, 0.15) is 5.75 Å². The number of anilines is 1. The average Bonchev–Trinajstić information content (AvgIpc) is 2.66. The van der Waals surface area contributed by atoms with Crippen LogP contribution in [0, 0.1) is 6.92 Å². The van der Waals surface area contributed by atoms with E-state index in [1.807, 2.05) is 0 Å². The molecule has 3 rings (SSSR count). The first-order valence-corrected chi connectivity index (χ1v) is 11.1. The monoisotopic (exact) mass is 441 g/mol. The smallest absolute Gasteiger partial charge is 0.277 e. The molecule has 0 saturated carbocycles. The quantitative estimate of drug-likeness (QED) is 0.463. The molecule has 6 heteroatoms. The summed E-state index contributed by atoms with van der Waals surface area (Å²) in [4.78, 5) is 14.6. The lowest BCUT2D eigenvalue weighted by Gasteiger charge is -2.50. The SMILES string of the molecule is Cc1cc2c(cc1/C=N\NC(=O)COc1cccc(Cl)c1)C(C)CC(C)(C)N2C(C)C. The van der Waals surface area contributed by atoms with E-state index in [4.69, 9.17) is 16.3 Å². The highest BCUT2D eigenvalue weighted by atomic mass is 35.5. The third-order valence-corrected chi connectivity index (χ3v) is 5.97. The van der Waals surface area contributed by atoms with Crippen LogP contribution in [0.3, 0.4) is 0 Å². The molecule has 1 aliphatic heterocycles. The Morgan fingerprint density at radius 1 is 1.35 bits per heavy atom. The highest BCUT2D eigenvalue weighted by molar-refractivity contribution is 6.30. The Balaban J connectivity index is 1.70. The van der Waals surface area contributed by atoms with E-state index in [2.05, 4.69) is 69.1 Å². The maximum atomic E-state index is 12.1. The summed E-state index contributed by atoms with van der Waals surface area (Å²) in [5.74, 6) is 0.671. The molecule has 0 bridgehead atoms. The minimum absolute atomic E-state index is 0.111. The zero-order valence-electron chi connectivity index (χ0n) is 19.2. The molecule has 1 amide bonds. The molecule has 1 unspecified atom stereocenters. The van der Waals surface area contributed by atoms with Crippen molar-refractivity contribution < 1.29 is 9.53 Å². The van der Waals surface area contributed by atoms with Gasteiger partial charge in [0.25, 0.3) is 5.91 Å². The number of fused-ring (bicyclic) bond motifs is 1. The molecule has 0 saturated heterocycles. The molecule has 31 heavy (non-hydrogen) atoms. The van der Waals surface area contributed by atoms with Crippen LogP contribution in [0.25, 0.3) is 0 Å². The van der Waals surface area contributed by atoms with Crippen molar-refractivity contribution >= 4 is 29.4 Å². The summed E-state index contributed by atoms with van der Waals surface area (Å²) in [6.07, 6.45) is 2.80. The summed E-state index contributed by atoms with van der Waals surface area (Å²) >= 11 is 5.92. The van der Waals surface area contributed by atoms with Gasteiger partial charge >= 0.3 is 0 Å². The molecule has 1 atom stereocenters. The number of hydrogen-bond acceptors (Lipinski definition) is 4. The molecule has 0 aliphatic carbocycles. The largest absolute Gasteiger partial charge is 0.484 e. The number of amides is 1. The van der Waals surface area contributed by atoms with Crippen LogP contribution in [0.2, 0.25) is 5.02 Å².